The molecule has 0 saturated carbocycles. The Hall–Kier alpha value is -1.65. The van der Waals surface area contributed by atoms with Gasteiger partial charge < -0.3 is 15.2 Å². The smallest absolute Gasteiger partial charge is 0.326 e. The maximum absolute atomic E-state index is 11.6. The molecule has 102 valence electrons. The number of carbonyl (C=O) groups excluding carboxylic acids is 2. The number of amides is 1. The lowest BCUT2D eigenvalue weighted by molar-refractivity contribution is -0.142. The average molecular weight is 255 g/mol. The topological polar surface area (TPSA) is 83.5 Å². The zero-order valence-electron chi connectivity index (χ0n) is 10.7. The minimum Gasteiger partial charge on any atom is -0.480 e. The van der Waals surface area contributed by atoms with E-state index in [1.165, 1.54) is 0 Å². The summed E-state index contributed by atoms with van der Waals surface area (Å²) in [5, 5.41) is 11.3. The van der Waals surface area contributed by atoms with Gasteiger partial charge in [0.15, 0.2) is 0 Å². The van der Waals surface area contributed by atoms with Crippen LogP contribution in [-0.2, 0) is 14.4 Å². The van der Waals surface area contributed by atoms with Gasteiger partial charge in [-0.15, -0.1) is 6.58 Å². The van der Waals surface area contributed by atoms with Crippen LogP contribution in [0, 0.1) is 5.92 Å². The van der Waals surface area contributed by atoms with Gasteiger partial charge in [0.05, 0.1) is 0 Å². The highest BCUT2D eigenvalue weighted by Crippen LogP contribution is 2.10. The molecule has 5 heteroatoms. The molecule has 5 nitrogen and oxygen atoms in total. The monoisotopic (exact) mass is 255 g/mol. The number of hydrogen-bond donors (Lipinski definition) is 2. The van der Waals surface area contributed by atoms with E-state index in [0.717, 1.165) is 12.8 Å². The van der Waals surface area contributed by atoms with E-state index in [4.69, 9.17) is 5.11 Å². The second kappa shape index (κ2) is 9.39. The van der Waals surface area contributed by atoms with E-state index < -0.39 is 12.0 Å². The van der Waals surface area contributed by atoms with Crippen LogP contribution in [0.4, 0.5) is 0 Å². The van der Waals surface area contributed by atoms with Crippen molar-refractivity contribution in [2.75, 3.05) is 0 Å². The number of carbonyl (C=O) groups is 3. The Balaban J connectivity index is 4.11. The molecule has 0 radical (unpaired) electrons. The van der Waals surface area contributed by atoms with Gasteiger partial charge >= 0.3 is 5.97 Å². The number of allylic oxidation sites excluding steroid dienone is 1. The molecule has 0 fully saturated rings. The predicted molar refractivity (Wildman–Crippen MR) is 68.1 cm³/mol. The molecule has 0 aliphatic rings. The van der Waals surface area contributed by atoms with Gasteiger partial charge in [0, 0.05) is 12.8 Å². The molecule has 18 heavy (non-hydrogen) atoms. The van der Waals surface area contributed by atoms with E-state index in [1.54, 1.807) is 6.08 Å². The lowest BCUT2D eigenvalue weighted by Crippen LogP contribution is -2.41. The van der Waals surface area contributed by atoms with E-state index in [2.05, 4.69) is 11.9 Å². The first-order valence-electron chi connectivity index (χ1n) is 6.08. The highest BCUT2D eigenvalue weighted by Gasteiger charge is 2.20. The largest absolute Gasteiger partial charge is 0.480 e. The number of aldehydes is 1. The Morgan fingerprint density at radius 3 is 2.50 bits per heavy atom. The van der Waals surface area contributed by atoms with Crippen LogP contribution in [0.15, 0.2) is 12.7 Å². The van der Waals surface area contributed by atoms with Crippen LogP contribution in [0.25, 0.3) is 0 Å². The molecule has 1 amide bonds. The Labute approximate surface area is 107 Å². The Morgan fingerprint density at radius 2 is 2.00 bits per heavy atom. The first-order chi connectivity index (χ1) is 8.51. The van der Waals surface area contributed by atoms with Crippen molar-refractivity contribution in [2.24, 2.45) is 5.92 Å². The van der Waals surface area contributed by atoms with Crippen LogP contribution in [0.3, 0.4) is 0 Å². The molecule has 0 aromatic heterocycles. The Morgan fingerprint density at radius 1 is 1.33 bits per heavy atom. The van der Waals surface area contributed by atoms with Crippen molar-refractivity contribution in [1.29, 1.82) is 0 Å². The third-order valence-corrected chi connectivity index (χ3v) is 2.60. The van der Waals surface area contributed by atoms with Gasteiger partial charge in [0.25, 0.3) is 0 Å². The summed E-state index contributed by atoms with van der Waals surface area (Å²) >= 11 is 0. The second-order valence-corrected chi connectivity index (χ2v) is 4.38. The van der Waals surface area contributed by atoms with Crippen molar-refractivity contribution in [3.8, 4) is 0 Å². The molecular weight excluding hydrogens is 234 g/mol. The maximum Gasteiger partial charge on any atom is 0.326 e. The van der Waals surface area contributed by atoms with Gasteiger partial charge in [0.2, 0.25) is 5.91 Å². The number of carboxylic acids is 1. The fraction of sp³-hybridized carbons (Fsp3) is 0.615. The van der Waals surface area contributed by atoms with Crippen molar-refractivity contribution < 1.29 is 19.5 Å². The third kappa shape index (κ3) is 7.60. The van der Waals surface area contributed by atoms with Gasteiger partial charge in [0.1, 0.15) is 12.3 Å². The molecule has 0 rings (SSSR count). The number of hydrogen-bond acceptors (Lipinski definition) is 3. The summed E-state index contributed by atoms with van der Waals surface area (Å²) in [5.74, 6) is -1.21. The van der Waals surface area contributed by atoms with E-state index in [0.29, 0.717) is 12.7 Å². The maximum atomic E-state index is 11.6. The average Bonchev–Trinajstić information content (AvgIpc) is 2.31. The van der Waals surface area contributed by atoms with E-state index >= 15 is 0 Å². The summed E-state index contributed by atoms with van der Waals surface area (Å²) in [6.07, 6.45) is 4.67. The second-order valence-electron chi connectivity index (χ2n) is 4.38. The number of nitrogens with one attached hydrogen (secondary N) is 1. The normalized spacial score (nSPS) is 13.4. The number of aliphatic carboxylic acids is 1. The summed E-state index contributed by atoms with van der Waals surface area (Å²) in [5.41, 5.74) is 0. The molecule has 2 atom stereocenters. The quantitative estimate of drug-likeness (QED) is 0.458. The van der Waals surface area contributed by atoms with Crippen molar-refractivity contribution >= 4 is 18.2 Å². The van der Waals surface area contributed by atoms with Crippen LogP contribution < -0.4 is 5.32 Å². The van der Waals surface area contributed by atoms with Crippen LogP contribution in [0.1, 0.15) is 39.0 Å². The van der Waals surface area contributed by atoms with Gasteiger partial charge in [-0.1, -0.05) is 13.0 Å². The SMILES string of the molecule is C=CCC[C@H](C)CC(=O)N[C@H](CCC=O)C(=O)O. The lowest BCUT2D eigenvalue weighted by atomic mass is 10.0. The number of carboxylic acid groups (broad SMARTS) is 1. The summed E-state index contributed by atoms with van der Waals surface area (Å²) in [6, 6.07) is -0.977. The molecule has 0 spiro atoms. The molecule has 0 saturated heterocycles. The zero-order chi connectivity index (χ0) is 14.0. The summed E-state index contributed by atoms with van der Waals surface area (Å²) < 4.78 is 0. The van der Waals surface area contributed by atoms with Gasteiger partial charge in [-0.3, -0.25) is 4.79 Å². The van der Waals surface area contributed by atoms with E-state index in [9.17, 15) is 14.4 Å². The fourth-order valence-electron chi connectivity index (χ4n) is 1.57. The van der Waals surface area contributed by atoms with Crippen molar-refractivity contribution in [1.82, 2.24) is 5.32 Å². The van der Waals surface area contributed by atoms with Crippen molar-refractivity contribution in [3.63, 3.8) is 0 Å². The minimum absolute atomic E-state index is 0.128. The van der Waals surface area contributed by atoms with Crippen molar-refractivity contribution in [2.45, 2.75) is 45.1 Å². The molecule has 0 aromatic carbocycles. The highest BCUT2D eigenvalue weighted by molar-refractivity contribution is 5.83. The van der Waals surface area contributed by atoms with Crippen LogP contribution >= 0.6 is 0 Å². The zero-order valence-corrected chi connectivity index (χ0v) is 10.7. The molecule has 0 unspecified atom stereocenters. The Kier molecular flexibility index (Phi) is 8.53. The van der Waals surface area contributed by atoms with Crippen LogP contribution in [0.2, 0.25) is 0 Å². The van der Waals surface area contributed by atoms with Crippen molar-refractivity contribution in [3.05, 3.63) is 12.7 Å². The number of rotatable bonds is 10. The summed E-state index contributed by atoms with van der Waals surface area (Å²) in [4.78, 5) is 32.7. The minimum atomic E-state index is -1.11. The van der Waals surface area contributed by atoms with Crippen LogP contribution in [0.5, 0.6) is 0 Å². The molecule has 0 heterocycles. The van der Waals surface area contributed by atoms with Gasteiger partial charge in [-0.2, -0.15) is 0 Å². The summed E-state index contributed by atoms with van der Waals surface area (Å²) in [7, 11) is 0. The molecule has 2 N–H and O–H groups in total. The summed E-state index contributed by atoms with van der Waals surface area (Å²) in [6.45, 7) is 5.54. The fourth-order valence-corrected chi connectivity index (χ4v) is 1.57. The highest BCUT2D eigenvalue weighted by atomic mass is 16.4. The third-order valence-electron chi connectivity index (χ3n) is 2.60. The van der Waals surface area contributed by atoms with Gasteiger partial charge in [-0.25, -0.2) is 4.79 Å². The van der Waals surface area contributed by atoms with Crippen LogP contribution in [-0.4, -0.2) is 29.3 Å². The Bertz CT molecular complexity index is 301. The van der Waals surface area contributed by atoms with E-state index in [-0.39, 0.29) is 24.7 Å². The molecule has 0 aliphatic heterocycles. The molecule has 0 bridgehead atoms. The molecule has 0 aromatic rings. The predicted octanol–water partition coefficient (Wildman–Crippen LogP) is 1.53. The molecule has 0 aliphatic carbocycles. The first-order valence-corrected chi connectivity index (χ1v) is 6.08. The molecular formula is C13H21NO4. The first kappa shape index (κ1) is 16.4. The standard InChI is InChI=1S/C13H21NO4/c1-3-4-6-10(2)9-12(16)14-11(13(17)18)7-5-8-15/h3,8,10-11H,1,4-7,9H2,2H3,(H,14,16)(H,17,18)/t10-,11+/m0/s1. The van der Waals surface area contributed by atoms with E-state index in [1.807, 2.05) is 6.92 Å². The lowest BCUT2D eigenvalue weighted by Gasteiger charge is -2.15. The van der Waals surface area contributed by atoms with Gasteiger partial charge in [-0.05, 0) is 25.2 Å².